The average molecular weight is 367 g/mol. The molecule has 0 radical (unpaired) electrons. The molecule has 0 fully saturated rings. The normalized spacial score (nSPS) is 13.6. The van der Waals surface area contributed by atoms with Crippen LogP contribution < -0.4 is 5.32 Å². The molecule has 142 valence electrons. The van der Waals surface area contributed by atoms with Crippen LogP contribution in [0.3, 0.4) is 0 Å². The first-order valence-electron chi connectivity index (χ1n) is 9.29. The molecule has 0 spiro atoms. The maximum absolute atomic E-state index is 13.4. The Balaban J connectivity index is 1.64. The van der Waals surface area contributed by atoms with Crippen molar-refractivity contribution in [2.24, 2.45) is 0 Å². The van der Waals surface area contributed by atoms with Gasteiger partial charge in [0.15, 0.2) is 0 Å². The molecular formula is C23H26FNO2. The predicted octanol–water partition coefficient (Wildman–Crippen LogP) is 4.25. The van der Waals surface area contributed by atoms with Crippen LogP contribution >= 0.6 is 0 Å². The summed E-state index contributed by atoms with van der Waals surface area (Å²) < 4.78 is 18.6. The van der Waals surface area contributed by atoms with Gasteiger partial charge in [-0.05, 0) is 52.9 Å². The van der Waals surface area contributed by atoms with Gasteiger partial charge >= 0.3 is 0 Å². The number of methoxy groups -OCH3 is 1. The summed E-state index contributed by atoms with van der Waals surface area (Å²) in [6.45, 7) is 1.04. The number of nitrogens with one attached hydrogen (secondary N) is 1. The summed E-state index contributed by atoms with van der Waals surface area (Å²) in [4.78, 5) is 0. The zero-order valence-corrected chi connectivity index (χ0v) is 15.6. The van der Waals surface area contributed by atoms with Crippen LogP contribution in [0, 0.1) is 5.82 Å². The number of hydrogen-bond donors (Lipinski definition) is 2. The Hall–Kier alpha value is -2.27. The third-order valence-corrected chi connectivity index (χ3v) is 4.80. The second-order valence-corrected chi connectivity index (χ2v) is 6.84. The molecule has 0 aliphatic heterocycles. The Morgan fingerprint density at radius 2 is 1.81 bits per heavy atom. The van der Waals surface area contributed by atoms with Gasteiger partial charge in [-0.3, -0.25) is 0 Å². The predicted molar refractivity (Wildman–Crippen MR) is 107 cm³/mol. The first kappa shape index (κ1) is 19.5. The molecule has 0 aliphatic carbocycles. The number of aliphatic hydroxyl groups excluding tert-OH is 1. The molecule has 0 amide bonds. The summed E-state index contributed by atoms with van der Waals surface area (Å²) in [5, 5.41) is 16.3. The minimum Gasteiger partial charge on any atom is -0.387 e. The van der Waals surface area contributed by atoms with Crippen molar-refractivity contribution in [1.82, 2.24) is 5.32 Å². The fourth-order valence-corrected chi connectivity index (χ4v) is 3.30. The highest BCUT2D eigenvalue weighted by molar-refractivity contribution is 5.83. The number of rotatable bonds is 9. The van der Waals surface area contributed by atoms with E-state index in [1.165, 1.54) is 6.07 Å². The Bertz CT molecular complexity index is 868. The number of aliphatic hydroxyl groups is 1. The minimum atomic E-state index is -0.604. The highest BCUT2D eigenvalue weighted by atomic mass is 19.1. The highest BCUT2D eigenvalue weighted by Gasteiger charge is 2.14. The molecule has 0 heterocycles. The molecule has 0 saturated heterocycles. The van der Waals surface area contributed by atoms with Crippen molar-refractivity contribution in [3.05, 3.63) is 83.7 Å². The van der Waals surface area contributed by atoms with Gasteiger partial charge in [0.05, 0.1) is 6.10 Å². The molecule has 3 aromatic rings. The van der Waals surface area contributed by atoms with E-state index in [1.807, 2.05) is 42.5 Å². The first-order chi connectivity index (χ1) is 13.2. The second kappa shape index (κ2) is 9.60. The van der Waals surface area contributed by atoms with Crippen molar-refractivity contribution in [3.8, 4) is 0 Å². The van der Waals surface area contributed by atoms with Gasteiger partial charge in [0.25, 0.3) is 0 Å². The zero-order chi connectivity index (χ0) is 19.1. The fourth-order valence-electron chi connectivity index (χ4n) is 3.30. The number of benzene rings is 3. The third kappa shape index (κ3) is 5.60. The lowest BCUT2D eigenvalue weighted by molar-refractivity contribution is 0.156. The average Bonchev–Trinajstić information content (AvgIpc) is 2.69. The van der Waals surface area contributed by atoms with Crippen molar-refractivity contribution in [1.29, 1.82) is 0 Å². The number of ether oxygens (including phenoxy) is 1. The van der Waals surface area contributed by atoms with Gasteiger partial charge < -0.3 is 15.2 Å². The van der Waals surface area contributed by atoms with Crippen LogP contribution in [-0.4, -0.2) is 31.4 Å². The van der Waals surface area contributed by atoms with Gasteiger partial charge in [-0.25, -0.2) is 4.39 Å². The van der Waals surface area contributed by atoms with E-state index in [0.29, 0.717) is 19.6 Å². The third-order valence-electron chi connectivity index (χ3n) is 4.80. The molecule has 0 aliphatic rings. The number of halogens is 1. The van der Waals surface area contributed by atoms with E-state index in [4.69, 9.17) is 4.74 Å². The van der Waals surface area contributed by atoms with Crippen LogP contribution in [0.25, 0.3) is 10.8 Å². The molecule has 4 heteroatoms. The summed E-state index contributed by atoms with van der Waals surface area (Å²) in [5.74, 6) is -0.228. The van der Waals surface area contributed by atoms with E-state index in [1.54, 1.807) is 19.2 Å². The van der Waals surface area contributed by atoms with Crippen molar-refractivity contribution < 1.29 is 14.2 Å². The SMILES string of the molecule is COCC[C@H](Cc1cccc(F)c1)NC[C@@H](O)c1ccc2ccccc2c1. The van der Waals surface area contributed by atoms with Crippen LogP contribution in [0.1, 0.15) is 23.7 Å². The van der Waals surface area contributed by atoms with E-state index < -0.39 is 6.10 Å². The van der Waals surface area contributed by atoms with Crippen LogP contribution in [0.4, 0.5) is 4.39 Å². The summed E-state index contributed by atoms with van der Waals surface area (Å²) >= 11 is 0. The Labute approximate surface area is 159 Å². The highest BCUT2D eigenvalue weighted by Crippen LogP contribution is 2.20. The van der Waals surface area contributed by atoms with E-state index in [2.05, 4.69) is 11.4 Å². The first-order valence-corrected chi connectivity index (χ1v) is 9.29. The van der Waals surface area contributed by atoms with Gasteiger partial charge in [-0.2, -0.15) is 0 Å². The maximum atomic E-state index is 13.4. The van der Waals surface area contributed by atoms with Crippen molar-refractivity contribution >= 4 is 10.8 Å². The van der Waals surface area contributed by atoms with Crippen LogP contribution in [0.15, 0.2) is 66.7 Å². The van der Waals surface area contributed by atoms with Crippen molar-refractivity contribution in [3.63, 3.8) is 0 Å². The Kier molecular flexibility index (Phi) is 6.93. The second-order valence-electron chi connectivity index (χ2n) is 6.84. The van der Waals surface area contributed by atoms with E-state index in [0.717, 1.165) is 28.3 Å². The largest absolute Gasteiger partial charge is 0.387 e. The van der Waals surface area contributed by atoms with Crippen LogP contribution in [0.2, 0.25) is 0 Å². The molecule has 27 heavy (non-hydrogen) atoms. The molecular weight excluding hydrogens is 341 g/mol. The van der Waals surface area contributed by atoms with Crippen LogP contribution in [0.5, 0.6) is 0 Å². The van der Waals surface area contributed by atoms with Gasteiger partial charge in [-0.15, -0.1) is 0 Å². The molecule has 3 aromatic carbocycles. The Morgan fingerprint density at radius 3 is 2.59 bits per heavy atom. The van der Waals surface area contributed by atoms with E-state index in [-0.39, 0.29) is 11.9 Å². The topological polar surface area (TPSA) is 41.5 Å². The lowest BCUT2D eigenvalue weighted by Crippen LogP contribution is -2.35. The lowest BCUT2D eigenvalue weighted by atomic mass is 10.0. The lowest BCUT2D eigenvalue weighted by Gasteiger charge is -2.21. The quantitative estimate of drug-likeness (QED) is 0.594. The van der Waals surface area contributed by atoms with Crippen molar-refractivity contribution in [2.45, 2.75) is 25.0 Å². The molecule has 0 bridgehead atoms. The maximum Gasteiger partial charge on any atom is 0.123 e. The van der Waals surface area contributed by atoms with Gasteiger partial charge in [0, 0.05) is 26.3 Å². The van der Waals surface area contributed by atoms with Crippen LogP contribution in [-0.2, 0) is 11.2 Å². The molecule has 3 rings (SSSR count). The smallest absolute Gasteiger partial charge is 0.123 e. The van der Waals surface area contributed by atoms with Crippen molar-refractivity contribution in [2.75, 3.05) is 20.3 Å². The molecule has 2 N–H and O–H groups in total. The number of hydrogen-bond acceptors (Lipinski definition) is 3. The Morgan fingerprint density at radius 1 is 1.00 bits per heavy atom. The minimum absolute atomic E-state index is 0.0989. The monoisotopic (exact) mass is 367 g/mol. The molecule has 2 atom stereocenters. The molecule has 3 nitrogen and oxygen atoms in total. The number of fused-ring (bicyclic) bond motifs is 1. The summed E-state index contributed by atoms with van der Waals surface area (Å²) in [6.07, 6.45) is 0.871. The summed E-state index contributed by atoms with van der Waals surface area (Å²) in [6, 6.07) is 20.9. The van der Waals surface area contributed by atoms with Gasteiger partial charge in [0.1, 0.15) is 5.82 Å². The van der Waals surface area contributed by atoms with E-state index in [9.17, 15) is 9.50 Å². The zero-order valence-electron chi connectivity index (χ0n) is 15.6. The summed E-state index contributed by atoms with van der Waals surface area (Å²) in [7, 11) is 1.67. The van der Waals surface area contributed by atoms with Gasteiger partial charge in [0.2, 0.25) is 0 Å². The van der Waals surface area contributed by atoms with E-state index >= 15 is 0 Å². The molecule has 0 unspecified atom stereocenters. The molecule has 0 saturated carbocycles. The molecule has 0 aromatic heterocycles. The summed E-state index contributed by atoms with van der Waals surface area (Å²) in [5.41, 5.74) is 1.82. The van der Waals surface area contributed by atoms with Gasteiger partial charge in [-0.1, -0.05) is 48.5 Å². The standard InChI is InChI=1S/C23H26FNO2/c1-27-12-11-22(14-17-5-4-8-21(24)13-17)25-16-23(26)20-10-9-18-6-2-3-7-19(18)15-20/h2-10,13,15,22-23,25-26H,11-12,14,16H2,1H3/t22-,23-/m1/s1. The fraction of sp³-hybridized carbons (Fsp3) is 0.304.